The smallest absolute Gasteiger partial charge is 0.264 e. The predicted octanol–water partition coefficient (Wildman–Crippen LogP) is 3.79. The van der Waals surface area contributed by atoms with Gasteiger partial charge in [0.25, 0.3) is 10.0 Å². The summed E-state index contributed by atoms with van der Waals surface area (Å²) in [4.78, 5) is 10.1. The van der Waals surface area contributed by atoms with Crippen LogP contribution in [0.25, 0.3) is 22.0 Å². The van der Waals surface area contributed by atoms with Gasteiger partial charge in [0.1, 0.15) is 22.2 Å². The zero-order chi connectivity index (χ0) is 25.3. The van der Waals surface area contributed by atoms with E-state index in [0.29, 0.717) is 16.5 Å². The van der Waals surface area contributed by atoms with Crippen LogP contribution >= 0.6 is 0 Å². The third-order valence-corrected chi connectivity index (χ3v) is 7.40. The number of piperazine rings is 1. The second-order valence-corrected chi connectivity index (χ2v) is 9.86. The molecule has 8 nitrogen and oxygen atoms in total. The topological polar surface area (TPSA) is 96.5 Å². The largest absolute Gasteiger partial charge is 0.480 e. The van der Waals surface area contributed by atoms with Crippen LogP contribution in [-0.2, 0) is 10.0 Å². The van der Waals surface area contributed by atoms with Gasteiger partial charge in [-0.3, -0.25) is 9.71 Å². The number of methoxy groups -OCH3 is 1. The average molecular weight is 512 g/mol. The van der Waals surface area contributed by atoms with Crippen molar-refractivity contribution in [3.63, 3.8) is 0 Å². The lowest BCUT2D eigenvalue weighted by molar-refractivity contribution is 0.400. The van der Waals surface area contributed by atoms with Crippen LogP contribution in [0.15, 0.2) is 65.8 Å². The Hall–Kier alpha value is -3.83. The molecule has 0 saturated carbocycles. The van der Waals surface area contributed by atoms with Gasteiger partial charge in [-0.2, -0.15) is 0 Å². The number of ether oxygens (including phenoxy) is 1. The first-order valence-electron chi connectivity index (χ1n) is 11.2. The number of nitrogens with one attached hydrogen (secondary N) is 2. The molecule has 1 aliphatic heterocycles. The monoisotopic (exact) mass is 511 g/mol. The SMILES string of the molecule is COc1ncc(-c2ccc3nccc(N4CCNCC4)c3c2F)cc1NS(=O)(=O)c1ccccc1F. The van der Waals surface area contributed by atoms with Gasteiger partial charge in [0.15, 0.2) is 0 Å². The molecule has 0 aliphatic carbocycles. The maximum absolute atomic E-state index is 16.0. The summed E-state index contributed by atoms with van der Waals surface area (Å²) in [6.45, 7) is 3.04. The molecule has 1 aliphatic rings. The van der Waals surface area contributed by atoms with E-state index in [9.17, 15) is 12.8 Å². The first-order chi connectivity index (χ1) is 17.4. The molecule has 5 rings (SSSR count). The van der Waals surface area contributed by atoms with Gasteiger partial charge in [0, 0.05) is 49.7 Å². The van der Waals surface area contributed by atoms with Crippen molar-refractivity contribution in [1.82, 2.24) is 15.3 Å². The molecular weight excluding hydrogens is 488 g/mol. The summed E-state index contributed by atoms with van der Waals surface area (Å²) in [7, 11) is -2.98. The van der Waals surface area contributed by atoms with Crippen LogP contribution in [0.5, 0.6) is 5.88 Å². The molecule has 1 fully saturated rings. The summed E-state index contributed by atoms with van der Waals surface area (Å²) in [5.41, 5.74) is 1.73. The molecule has 0 amide bonds. The van der Waals surface area contributed by atoms with E-state index in [-0.39, 0.29) is 17.1 Å². The minimum absolute atomic E-state index is 0.0389. The van der Waals surface area contributed by atoms with Crippen molar-refractivity contribution >= 4 is 32.3 Å². The summed E-state index contributed by atoms with van der Waals surface area (Å²) >= 11 is 0. The molecule has 0 radical (unpaired) electrons. The van der Waals surface area contributed by atoms with Crippen LogP contribution in [-0.4, -0.2) is 51.7 Å². The summed E-state index contributed by atoms with van der Waals surface area (Å²) in [6, 6.07) is 11.5. The van der Waals surface area contributed by atoms with Gasteiger partial charge < -0.3 is 15.0 Å². The minimum atomic E-state index is -4.30. The third-order valence-electron chi connectivity index (χ3n) is 6.01. The Labute approximate surface area is 207 Å². The Morgan fingerprint density at radius 2 is 1.83 bits per heavy atom. The van der Waals surface area contributed by atoms with Crippen LogP contribution in [0, 0.1) is 11.6 Å². The van der Waals surface area contributed by atoms with Gasteiger partial charge in [-0.15, -0.1) is 0 Å². The van der Waals surface area contributed by atoms with Crippen LogP contribution in [0.1, 0.15) is 0 Å². The van der Waals surface area contributed by atoms with Crippen molar-refractivity contribution in [1.29, 1.82) is 0 Å². The predicted molar refractivity (Wildman–Crippen MR) is 134 cm³/mol. The van der Waals surface area contributed by atoms with E-state index in [1.54, 1.807) is 24.4 Å². The van der Waals surface area contributed by atoms with Gasteiger partial charge in [0.05, 0.1) is 23.7 Å². The summed E-state index contributed by atoms with van der Waals surface area (Å²) in [5.74, 6) is -1.44. The molecule has 2 aromatic heterocycles. The highest BCUT2D eigenvalue weighted by Gasteiger charge is 2.23. The molecule has 36 heavy (non-hydrogen) atoms. The molecule has 3 heterocycles. The highest BCUT2D eigenvalue weighted by Crippen LogP contribution is 2.36. The summed E-state index contributed by atoms with van der Waals surface area (Å²) in [5, 5.41) is 3.66. The van der Waals surface area contributed by atoms with Crippen molar-refractivity contribution in [3.8, 4) is 17.0 Å². The number of aromatic nitrogens is 2. The molecule has 11 heteroatoms. The van der Waals surface area contributed by atoms with Crippen LogP contribution in [0.3, 0.4) is 0 Å². The number of pyridine rings is 2. The zero-order valence-corrected chi connectivity index (χ0v) is 20.1. The average Bonchev–Trinajstić information content (AvgIpc) is 2.89. The zero-order valence-electron chi connectivity index (χ0n) is 19.3. The van der Waals surface area contributed by atoms with Crippen molar-refractivity contribution in [2.45, 2.75) is 4.90 Å². The van der Waals surface area contributed by atoms with E-state index in [0.717, 1.165) is 44.0 Å². The summed E-state index contributed by atoms with van der Waals surface area (Å²) in [6.07, 6.45) is 3.05. The lowest BCUT2D eigenvalue weighted by atomic mass is 10.0. The molecule has 0 bridgehead atoms. The maximum Gasteiger partial charge on any atom is 0.264 e. The van der Waals surface area contributed by atoms with Gasteiger partial charge in [0.2, 0.25) is 5.88 Å². The number of benzene rings is 2. The molecule has 2 N–H and O–H groups in total. The first-order valence-corrected chi connectivity index (χ1v) is 12.7. The fraction of sp³-hybridized carbons (Fsp3) is 0.200. The van der Waals surface area contributed by atoms with Crippen molar-refractivity contribution in [3.05, 3.63) is 72.6 Å². The lowest BCUT2D eigenvalue weighted by Crippen LogP contribution is -2.43. The second kappa shape index (κ2) is 9.67. The van der Waals surface area contributed by atoms with Gasteiger partial charge in [-0.25, -0.2) is 22.2 Å². The van der Waals surface area contributed by atoms with Crippen LogP contribution in [0.4, 0.5) is 20.2 Å². The van der Waals surface area contributed by atoms with E-state index in [2.05, 4.69) is 24.9 Å². The Morgan fingerprint density at radius 3 is 2.58 bits per heavy atom. The molecule has 0 atom stereocenters. The van der Waals surface area contributed by atoms with E-state index >= 15 is 4.39 Å². The normalized spacial score (nSPS) is 14.1. The molecular formula is C25H23F2N5O3S. The number of rotatable bonds is 6. The van der Waals surface area contributed by atoms with Crippen molar-refractivity contribution in [2.75, 3.05) is 42.9 Å². The number of hydrogen-bond donors (Lipinski definition) is 2. The number of fused-ring (bicyclic) bond motifs is 1. The number of hydrogen-bond acceptors (Lipinski definition) is 7. The number of anilines is 2. The first kappa shape index (κ1) is 23.9. The van der Waals surface area contributed by atoms with E-state index in [1.807, 2.05) is 0 Å². The summed E-state index contributed by atoms with van der Waals surface area (Å²) < 4.78 is 63.5. The minimum Gasteiger partial charge on any atom is -0.480 e. The number of sulfonamides is 1. The Kier molecular flexibility index (Phi) is 6.42. The molecule has 0 unspecified atom stereocenters. The van der Waals surface area contributed by atoms with E-state index < -0.39 is 26.6 Å². The fourth-order valence-electron chi connectivity index (χ4n) is 4.28. The van der Waals surface area contributed by atoms with Gasteiger partial charge in [-0.1, -0.05) is 12.1 Å². The standard InChI is InChI=1S/C25H23F2N5O3S/c1-35-25-20(31-36(33,34)22-5-3-2-4-18(22)26)14-16(15-30-25)17-6-7-19-23(24(17)27)21(8-9-29-19)32-12-10-28-11-13-32/h2-9,14-15,28,31H,10-13H2,1H3. The number of nitrogens with zero attached hydrogens (tertiary/aromatic N) is 3. The van der Waals surface area contributed by atoms with Crippen molar-refractivity contribution in [2.24, 2.45) is 0 Å². The number of halogens is 2. The van der Waals surface area contributed by atoms with Crippen LogP contribution in [0.2, 0.25) is 0 Å². The Bertz CT molecular complexity index is 1540. The van der Waals surface area contributed by atoms with Crippen LogP contribution < -0.4 is 19.7 Å². The lowest BCUT2D eigenvalue weighted by Gasteiger charge is -2.30. The highest BCUT2D eigenvalue weighted by molar-refractivity contribution is 7.92. The maximum atomic E-state index is 16.0. The molecule has 1 saturated heterocycles. The molecule has 4 aromatic rings. The Balaban J connectivity index is 1.59. The molecule has 0 spiro atoms. The highest BCUT2D eigenvalue weighted by atomic mass is 32.2. The third kappa shape index (κ3) is 4.42. The molecule has 2 aromatic carbocycles. The van der Waals surface area contributed by atoms with E-state index in [1.165, 1.54) is 31.5 Å². The second-order valence-electron chi connectivity index (χ2n) is 8.21. The van der Waals surface area contributed by atoms with Gasteiger partial charge >= 0.3 is 0 Å². The van der Waals surface area contributed by atoms with Crippen molar-refractivity contribution < 1.29 is 21.9 Å². The van der Waals surface area contributed by atoms with Gasteiger partial charge in [-0.05, 0) is 36.4 Å². The Morgan fingerprint density at radius 1 is 1.06 bits per heavy atom. The molecule has 186 valence electrons. The fourth-order valence-corrected chi connectivity index (χ4v) is 5.41. The van der Waals surface area contributed by atoms with E-state index in [4.69, 9.17) is 4.74 Å². The quantitative estimate of drug-likeness (QED) is 0.407.